The van der Waals surface area contributed by atoms with Gasteiger partial charge < -0.3 is 19.5 Å². The number of anilines is 1. The zero-order valence-corrected chi connectivity index (χ0v) is 17.1. The SMILES string of the molecule is C=CCOC(=O)C1=C(C)Nc2nc3ccccc3n2[C@@H]1c1cc(OC)ccc1OC. The molecule has 3 aromatic rings. The van der Waals surface area contributed by atoms with Gasteiger partial charge in [0, 0.05) is 11.3 Å². The van der Waals surface area contributed by atoms with E-state index in [4.69, 9.17) is 19.2 Å². The van der Waals surface area contributed by atoms with Gasteiger partial charge in [0.05, 0.1) is 36.9 Å². The lowest BCUT2D eigenvalue weighted by atomic mass is 9.94. The largest absolute Gasteiger partial charge is 0.497 e. The van der Waals surface area contributed by atoms with Crippen molar-refractivity contribution in [2.75, 3.05) is 26.1 Å². The van der Waals surface area contributed by atoms with Crippen molar-refractivity contribution in [2.45, 2.75) is 13.0 Å². The molecule has 2 heterocycles. The van der Waals surface area contributed by atoms with E-state index < -0.39 is 12.0 Å². The molecule has 30 heavy (non-hydrogen) atoms. The Kier molecular flexibility index (Phi) is 5.18. The van der Waals surface area contributed by atoms with Gasteiger partial charge in [-0.3, -0.25) is 4.57 Å². The van der Waals surface area contributed by atoms with Gasteiger partial charge in [0.2, 0.25) is 5.95 Å². The number of para-hydroxylation sites is 2. The summed E-state index contributed by atoms with van der Waals surface area (Å²) in [4.78, 5) is 17.8. The summed E-state index contributed by atoms with van der Waals surface area (Å²) in [6.45, 7) is 5.59. The Balaban J connectivity index is 2.00. The van der Waals surface area contributed by atoms with E-state index >= 15 is 0 Å². The smallest absolute Gasteiger partial charge is 0.338 e. The van der Waals surface area contributed by atoms with Gasteiger partial charge in [-0.1, -0.05) is 24.8 Å². The molecule has 154 valence electrons. The first-order chi connectivity index (χ1) is 14.6. The predicted octanol–water partition coefficient (Wildman–Crippen LogP) is 4.07. The number of hydrogen-bond acceptors (Lipinski definition) is 6. The molecule has 7 nitrogen and oxygen atoms in total. The minimum absolute atomic E-state index is 0.120. The highest BCUT2D eigenvalue weighted by Gasteiger charge is 2.36. The van der Waals surface area contributed by atoms with E-state index in [9.17, 15) is 4.79 Å². The highest BCUT2D eigenvalue weighted by Crippen LogP contribution is 2.43. The van der Waals surface area contributed by atoms with E-state index in [0.717, 1.165) is 16.6 Å². The minimum atomic E-state index is -0.518. The third-order valence-electron chi connectivity index (χ3n) is 5.11. The number of rotatable bonds is 6. The van der Waals surface area contributed by atoms with E-state index in [1.807, 2.05) is 54.0 Å². The summed E-state index contributed by atoms with van der Waals surface area (Å²) in [6, 6.07) is 12.8. The van der Waals surface area contributed by atoms with Crippen molar-refractivity contribution in [3.63, 3.8) is 0 Å². The fourth-order valence-electron chi connectivity index (χ4n) is 3.79. The molecule has 4 rings (SSSR count). The molecule has 1 aliphatic rings. The van der Waals surface area contributed by atoms with Crippen LogP contribution in [0.4, 0.5) is 5.95 Å². The van der Waals surface area contributed by atoms with Crippen LogP contribution in [0.3, 0.4) is 0 Å². The standard InChI is InChI=1S/C23H23N3O4/c1-5-12-30-22(27)20-14(2)24-23-25-17-8-6-7-9-18(17)26(23)21(20)16-13-15(28-3)10-11-19(16)29-4/h5-11,13,21H,1,12H2,2-4H3,(H,24,25)/t21-/m1/s1. The van der Waals surface area contributed by atoms with Crippen molar-refractivity contribution >= 4 is 23.0 Å². The number of fused-ring (bicyclic) bond motifs is 3. The van der Waals surface area contributed by atoms with Gasteiger partial charge in [0.15, 0.2) is 0 Å². The van der Waals surface area contributed by atoms with E-state index in [1.165, 1.54) is 0 Å². The molecule has 0 spiro atoms. The van der Waals surface area contributed by atoms with Crippen LogP contribution in [0.1, 0.15) is 18.5 Å². The summed E-state index contributed by atoms with van der Waals surface area (Å²) >= 11 is 0. The second kappa shape index (κ2) is 7.94. The maximum atomic E-state index is 13.1. The molecule has 0 aliphatic carbocycles. The topological polar surface area (TPSA) is 74.6 Å². The summed E-state index contributed by atoms with van der Waals surface area (Å²) in [6.07, 6.45) is 1.54. The first kappa shape index (κ1) is 19.6. The van der Waals surface area contributed by atoms with Gasteiger partial charge in [0.25, 0.3) is 0 Å². The third-order valence-corrected chi connectivity index (χ3v) is 5.11. The Labute approximate surface area is 174 Å². The molecule has 0 saturated carbocycles. The van der Waals surface area contributed by atoms with Crippen molar-refractivity contribution in [2.24, 2.45) is 0 Å². The highest BCUT2D eigenvalue weighted by atomic mass is 16.5. The van der Waals surface area contributed by atoms with E-state index in [-0.39, 0.29) is 6.61 Å². The van der Waals surface area contributed by atoms with E-state index in [1.54, 1.807) is 20.3 Å². The number of imidazole rings is 1. The van der Waals surface area contributed by atoms with Crippen molar-refractivity contribution in [1.29, 1.82) is 0 Å². The lowest BCUT2D eigenvalue weighted by Crippen LogP contribution is -2.29. The monoisotopic (exact) mass is 405 g/mol. The normalized spacial score (nSPS) is 15.4. The van der Waals surface area contributed by atoms with Crippen molar-refractivity contribution in [3.8, 4) is 11.5 Å². The van der Waals surface area contributed by atoms with Crippen LogP contribution < -0.4 is 14.8 Å². The van der Waals surface area contributed by atoms with Crippen LogP contribution in [0.2, 0.25) is 0 Å². The number of allylic oxidation sites excluding steroid dienone is 1. The van der Waals surface area contributed by atoms with Crippen LogP contribution in [0.25, 0.3) is 11.0 Å². The number of esters is 1. The maximum absolute atomic E-state index is 13.1. The van der Waals surface area contributed by atoms with Crippen molar-refractivity contribution < 1.29 is 19.0 Å². The number of carbonyl (C=O) groups is 1. The molecule has 0 saturated heterocycles. The molecule has 0 unspecified atom stereocenters. The molecule has 2 aromatic carbocycles. The molecular formula is C23H23N3O4. The van der Waals surface area contributed by atoms with Gasteiger partial charge in [-0.25, -0.2) is 9.78 Å². The highest BCUT2D eigenvalue weighted by molar-refractivity contribution is 5.94. The molecule has 7 heteroatoms. The zero-order chi connectivity index (χ0) is 21.3. The van der Waals surface area contributed by atoms with Crippen molar-refractivity contribution in [3.05, 3.63) is 72.0 Å². The van der Waals surface area contributed by atoms with E-state index in [2.05, 4.69) is 11.9 Å². The Morgan fingerprint density at radius 2 is 2.03 bits per heavy atom. The second-order valence-electron chi connectivity index (χ2n) is 6.86. The average Bonchev–Trinajstić information content (AvgIpc) is 3.13. The molecule has 1 atom stereocenters. The Morgan fingerprint density at radius 3 is 2.77 bits per heavy atom. The third kappa shape index (κ3) is 3.18. The number of carbonyl (C=O) groups excluding carboxylic acids is 1. The summed E-state index contributed by atoms with van der Waals surface area (Å²) < 4.78 is 18.5. The average molecular weight is 405 g/mol. The number of nitrogens with one attached hydrogen (secondary N) is 1. The van der Waals surface area contributed by atoms with Gasteiger partial charge in [-0.05, 0) is 37.3 Å². The molecule has 1 aliphatic heterocycles. The second-order valence-corrected chi connectivity index (χ2v) is 6.86. The lowest BCUT2D eigenvalue weighted by Gasteiger charge is -2.31. The van der Waals surface area contributed by atoms with Gasteiger partial charge >= 0.3 is 5.97 Å². The maximum Gasteiger partial charge on any atom is 0.338 e. The fourth-order valence-corrected chi connectivity index (χ4v) is 3.79. The summed E-state index contributed by atoms with van der Waals surface area (Å²) in [7, 11) is 3.21. The van der Waals surface area contributed by atoms with Crippen LogP contribution in [-0.2, 0) is 9.53 Å². The quantitative estimate of drug-likeness (QED) is 0.492. The molecule has 0 fully saturated rings. The van der Waals surface area contributed by atoms with Crippen LogP contribution >= 0.6 is 0 Å². The van der Waals surface area contributed by atoms with Crippen molar-refractivity contribution in [1.82, 2.24) is 9.55 Å². The molecule has 1 aromatic heterocycles. The Morgan fingerprint density at radius 1 is 1.23 bits per heavy atom. The predicted molar refractivity (Wildman–Crippen MR) is 115 cm³/mol. The number of ether oxygens (including phenoxy) is 3. The molecule has 0 amide bonds. The van der Waals surface area contributed by atoms with Crippen LogP contribution in [0.5, 0.6) is 11.5 Å². The fraction of sp³-hybridized carbons (Fsp3) is 0.217. The number of methoxy groups -OCH3 is 2. The van der Waals surface area contributed by atoms with E-state index in [0.29, 0.717) is 28.7 Å². The lowest BCUT2D eigenvalue weighted by molar-refractivity contribution is -0.138. The molecular weight excluding hydrogens is 382 g/mol. The van der Waals surface area contributed by atoms with Gasteiger partial charge in [0.1, 0.15) is 18.1 Å². The summed E-state index contributed by atoms with van der Waals surface area (Å²) in [5, 5.41) is 3.26. The number of hydrogen-bond donors (Lipinski definition) is 1. The van der Waals surface area contributed by atoms with Crippen LogP contribution in [0.15, 0.2) is 66.4 Å². The van der Waals surface area contributed by atoms with Gasteiger partial charge in [-0.2, -0.15) is 0 Å². The first-order valence-corrected chi connectivity index (χ1v) is 9.53. The van der Waals surface area contributed by atoms with Crippen LogP contribution in [-0.4, -0.2) is 36.3 Å². The number of aromatic nitrogens is 2. The number of benzene rings is 2. The Hall–Kier alpha value is -3.74. The first-order valence-electron chi connectivity index (χ1n) is 9.53. The Bertz CT molecular complexity index is 1160. The molecule has 0 bridgehead atoms. The number of nitrogens with zero attached hydrogens (tertiary/aromatic N) is 2. The summed E-state index contributed by atoms with van der Waals surface area (Å²) in [5.74, 6) is 1.50. The molecule has 1 N–H and O–H groups in total. The minimum Gasteiger partial charge on any atom is -0.497 e. The van der Waals surface area contributed by atoms with Crippen LogP contribution in [0, 0.1) is 0 Å². The van der Waals surface area contributed by atoms with Gasteiger partial charge in [-0.15, -0.1) is 0 Å². The summed E-state index contributed by atoms with van der Waals surface area (Å²) in [5.41, 5.74) is 3.62. The zero-order valence-electron chi connectivity index (χ0n) is 17.1. The molecule has 0 radical (unpaired) electrons.